The van der Waals surface area contributed by atoms with Gasteiger partial charge < -0.3 is 4.90 Å². The normalized spacial score (nSPS) is 15.6. The van der Waals surface area contributed by atoms with Gasteiger partial charge in [-0.05, 0) is 12.1 Å². The van der Waals surface area contributed by atoms with E-state index in [1.807, 2.05) is 30.3 Å². The molecule has 84 valence electrons. The molecule has 0 unspecified atom stereocenters. The number of rotatable bonds is 2. The number of hydrogen-bond acceptors (Lipinski definition) is 3. The zero-order chi connectivity index (χ0) is 11.5. The Balaban J connectivity index is 2.32. The number of para-hydroxylation sites is 1. The Kier molecular flexibility index (Phi) is 3.10. The predicted octanol–water partition coefficient (Wildman–Crippen LogP) is 2.76. The van der Waals surface area contributed by atoms with Gasteiger partial charge in [-0.25, -0.2) is 4.99 Å². The van der Waals surface area contributed by atoms with Gasteiger partial charge in [0.2, 0.25) is 0 Å². The summed E-state index contributed by atoms with van der Waals surface area (Å²) in [6.07, 6.45) is 1.49. The van der Waals surface area contributed by atoms with Gasteiger partial charge in [0.05, 0.1) is 6.54 Å². The Hall–Kier alpha value is -1.55. The van der Waals surface area contributed by atoms with E-state index < -0.39 is 0 Å². The number of hydrogen-bond donors (Lipinski definition) is 0. The Morgan fingerprint density at radius 2 is 2.06 bits per heavy atom. The summed E-state index contributed by atoms with van der Waals surface area (Å²) in [5.41, 5.74) is 0.906. The van der Waals surface area contributed by atoms with Crippen LogP contribution >= 0.6 is 11.6 Å². The van der Waals surface area contributed by atoms with Crippen LogP contribution in [0.2, 0.25) is 0 Å². The fourth-order valence-corrected chi connectivity index (χ4v) is 1.68. The van der Waals surface area contributed by atoms with Gasteiger partial charge in [-0.15, -0.1) is 0 Å². The summed E-state index contributed by atoms with van der Waals surface area (Å²) in [6, 6.07) is 9.53. The molecule has 1 aliphatic heterocycles. The molecule has 1 aliphatic rings. The van der Waals surface area contributed by atoms with Crippen molar-refractivity contribution < 1.29 is 4.48 Å². The first-order valence-corrected chi connectivity index (χ1v) is 5.22. The van der Waals surface area contributed by atoms with E-state index in [2.05, 4.69) is 4.99 Å². The molecule has 0 amide bonds. The second-order valence-electron chi connectivity index (χ2n) is 3.37. The van der Waals surface area contributed by atoms with Gasteiger partial charge in [0, 0.05) is 18.9 Å². The number of aliphatic imine (C=N–C) groups is 1. The van der Waals surface area contributed by atoms with Crippen molar-refractivity contribution in [1.82, 2.24) is 5.12 Å². The molecule has 0 N–H and O–H groups in total. The van der Waals surface area contributed by atoms with Crippen LogP contribution in [-0.2, 0) is 0 Å². The largest absolute Gasteiger partial charge is 0.327 e. The van der Waals surface area contributed by atoms with Crippen LogP contribution in [0.1, 0.15) is 0 Å². The highest BCUT2D eigenvalue weighted by Crippen LogP contribution is 2.25. The van der Waals surface area contributed by atoms with Gasteiger partial charge in [-0.2, -0.15) is 5.12 Å². The highest BCUT2D eigenvalue weighted by atomic mass is 35.5. The second kappa shape index (κ2) is 4.53. The van der Waals surface area contributed by atoms with Crippen LogP contribution in [0.25, 0.3) is 0 Å². The fourth-order valence-electron chi connectivity index (χ4n) is 1.44. The van der Waals surface area contributed by atoms with E-state index in [1.54, 1.807) is 11.9 Å². The molecule has 0 aliphatic carbocycles. The van der Waals surface area contributed by atoms with Crippen molar-refractivity contribution in [3.63, 3.8) is 0 Å². The molecule has 16 heavy (non-hydrogen) atoms. The lowest BCUT2D eigenvalue weighted by Crippen LogP contribution is -2.25. The SMILES string of the molecule is CN(C1=C(Cl)N(F)CC=N1)c1ccccc1. The average Bonchev–Trinajstić information content (AvgIpc) is 2.33. The Morgan fingerprint density at radius 1 is 1.38 bits per heavy atom. The maximum atomic E-state index is 13.2. The summed E-state index contributed by atoms with van der Waals surface area (Å²) < 4.78 is 13.2. The standard InChI is InChI=1S/C11H11ClFN3/c1-15(9-5-3-2-4-6-9)11-10(12)16(13)8-7-14-11/h2-7H,8H2,1H3. The van der Waals surface area contributed by atoms with Gasteiger partial charge in [0.25, 0.3) is 0 Å². The monoisotopic (exact) mass is 239 g/mol. The number of halogens is 2. The first-order chi connectivity index (χ1) is 7.70. The van der Waals surface area contributed by atoms with Gasteiger partial charge in [0.1, 0.15) is 0 Å². The van der Waals surface area contributed by atoms with Crippen LogP contribution in [0.3, 0.4) is 0 Å². The highest BCUT2D eigenvalue weighted by Gasteiger charge is 2.19. The quantitative estimate of drug-likeness (QED) is 0.584. The number of nitrogens with zero attached hydrogens (tertiary/aromatic N) is 3. The van der Waals surface area contributed by atoms with Crippen molar-refractivity contribution in [1.29, 1.82) is 0 Å². The molecular formula is C11H11ClFN3. The lowest BCUT2D eigenvalue weighted by molar-refractivity contribution is 0.102. The van der Waals surface area contributed by atoms with E-state index in [-0.39, 0.29) is 11.7 Å². The second-order valence-corrected chi connectivity index (χ2v) is 3.72. The van der Waals surface area contributed by atoms with Crippen molar-refractivity contribution in [2.75, 3.05) is 18.5 Å². The summed E-state index contributed by atoms with van der Waals surface area (Å²) in [6.45, 7) is 0.0883. The molecule has 0 saturated heterocycles. The lowest BCUT2D eigenvalue weighted by Gasteiger charge is -2.25. The van der Waals surface area contributed by atoms with Crippen molar-refractivity contribution in [2.45, 2.75) is 0 Å². The van der Waals surface area contributed by atoms with Crippen molar-refractivity contribution >= 4 is 23.5 Å². The molecule has 1 heterocycles. The van der Waals surface area contributed by atoms with Crippen LogP contribution in [0, 0.1) is 0 Å². The minimum Gasteiger partial charge on any atom is -0.327 e. The molecule has 2 rings (SSSR count). The third-order valence-corrected chi connectivity index (χ3v) is 2.67. The average molecular weight is 240 g/mol. The summed E-state index contributed by atoms with van der Waals surface area (Å²) in [5, 5.41) is 0.470. The molecule has 0 fully saturated rings. The summed E-state index contributed by atoms with van der Waals surface area (Å²) in [5.74, 6) is 0.404. The summed E-state index contributed by atoms with van der Waals surface area (Å²) in [7, 11) is 1.80. The molecule has 0 radical (unpaired) electrons. The molecule has 1 aromatic rings. The first-order valence-electron chi connectivity index (χ1n) is 4.84. The molecule has 0 spiro atoms. The van der Waals surface area contributed by atoms with Crippen LogP contribution in [0.5, 0.6) is 0 Å². The predicted molar refractivity (Wildman–Crippen MR) is 64.0 cm³/mol. The van der Waals surface area contributed by atoms with E-state index in [0.29, 0.717) is 10.9 Å². The summed E-state index contributed by atoms with van der Waals surface area (Å²) in [4.78, 5) is 5.84. The lowest BCUT2D eigenvalue weighted by atomic mass is 10.3. The third kappa shape index (κ3) is 2.02. The van der Waals surface area contributed by atoms with E-state index in [9.17, 15) is 4.48 Å². The topological polar surface area (TPSA) is 18.8 Å². The molecule has 0 saturated carbocycles. The first kappa shape index (κ1) is 11.0. The molecule has 0 aromatic heterocycles. The highest BCUT2D eigenvalue weighted by molar-refractivity contribution is 6.29. The van der Waals surface area contributed by atoms with Crippen molar-refractivity contribution in [3.05, 3.63) is 41.3 Å². The molecule has 0 bridgehead atoms. The molecule has 3 nitrogen and oxygen atoms in total. The molecule has 0 atom stereocenters. The smallest absolute Gasteiger partial charge is 0.177 e. The Morgan fingerprint density at radius 3 is 2.75 bits per heavy atom. The summed E-state index contributed by atoms with van der Waals surface area (Å²) >= 11 is 5.85. The maximum Gasteiger partial charge on any atom is 0.177 e. The fraction of sp³-hybridized carbons (Fsp3) is 0.182. The zero-order valence-electron chi connectivity index (χ0n) is 8.77. The van der Waals surface area contributed by atoms with Crippen molar-refractivity contribution in [3.8, 4) is 0 Å². The molecular weight excluding hydrogens is 229 g/mol. The third-order valence-electron chi connectivity index (χ3n) is 2.31. The molecule has 1 aromatic carbocycles. The minimum atomic E-state index is 0.00820. The van der Waals surface area contributed by atoms with Gasteiger partial charge in [0.15, 0.2) is 11.0 Å². The van der Waals surface area contributed by atoms with E-state index in [4.69, 9.17) is 11.6 Å². The Bertz CT molecular complexity index is 430. The van der Waals surface area contributed by atoms with Crippen LogP contribution in [0.4, 0.5) is 10.2 Å². The molecule has 5 heteroatoms. The van der Waals surface area contributed by atoms with Crippen molar-refractivity contribution in [2.24, 2.45) is 4.99 Å². The van der Waals surface area contributed by atoms with E-state index in [0.717, 1.165) is 5.69 Å². The minimum absolute atomic E-state index is 0.00820. The van der Waals surface area contributed by atoms with Crippen LogP contribution in [0.15, 0.2) is 46.3 Å². The Labute approximate surface area is 98.4 Å². The number of anilines is 1. The van der Waals surface area contributed by atoms with Gasteiger partial charge >= 0.3 is 0 Å². The maximum absolute atomic E-state index is 13.2. The van der Waals surface area contributed by atoms with E-state index >= 15 is 0 Å². The number of benzene rings is 1. The van der Waals surface area contributed by atoms with Crippen LogP contribution < -0.4 is 4.90 Å². The zero-order valence-corrected chi connectivity index (χ0v) is 9.52. The van der Waals surface area contributed by atoms with Gasteiger partial charge in [-0.1, -0.05) is 34.3 Å². The van der Waals surface area contributed by atoms with Gasteiger partial charge in [-0.3, -0.25) is 0 Å². The van der Waals surface area contributed by atoms with E-state index in [1.165, 1.54) is 6.21 Å². The van der Waals surface area contributed by atoms with Crippen LogP contribution in [-0.4, -0.2) is 24.9 Å².